The number of hydrogen-bond donors (Lipinski definition) is 1. The second kappa shape index (κ2) is 3.51. The molecule has 0 amide bonds. The number of rotatable bonds is 2. The van der Waals surface area contributed by atoms with Crippen LogP contribution in [0.3, 0.4) is 0 Å². The van der Waals surface area contributed by atoms with Crippen LogP contribution in [-0.2, 0) is 9.84 Å². The first-order valence-corrected chi connectivity index (χ1v) is 6.26. The molecule has 5 heteroatoms. The summed E-state index contributed by atoms with van der Waals surface area (Å²) in [5.41, 5.74) is 1.79. The van der Waals surface area contributed by atoms with Gasteiger partial charge in [0.05, 0.1) is 10.6 Å². The van der Waals surface area contributed by atoms with Crippen molar-refractivity contribution < 1.29 is 8.42 Å². The van der Waals surface area contributed by atoms with Crippen LogP contribution in [0.4, 0.5) is 0 Å². The van der Waals surface area contributed by atoms with Crippen molar-refractivity contribution in [2.24, 2.45) is 0 Å². The summed E-state index contributed by atoms with van der Waals surface area (Å²) in [6, 6.07) is 8.51. The highest BCUT2D eigenvalue weighted by molar-refractivity contribution is 7.90. The van der Waals surface area contributed by atoms with Gasteiger partial charge in [0.15, 0.2) is 9.84 Å². The lowest BCUT2D eigenvalue weighted by Gasteiger charge is -2.00. The zero-order valence-corrected chi connectivity index (χ0v) is 8.95. The number of benzene rings is 1. The van der Waals surface area contributed by atoms with E-state index in [-0.39, 0.29) is 0 Å². The molecule has 4 nitrogen and oxygen atoms in total. The molecule has 1 aromatic carbocycles. The normalized spacial score (nSPS) is 11.5. The minimum absolute atomic E-state index is 0.325. The zero-order valence-electron chi connectivity index (χ0n) is 8.14. The molecule has 0 saturated heterocycles. The van der Waals surface area contributed by atoms with E-state index < -0.39 is 9.84 Å². The lowest BCUT2D eigenvalue weighted by molar-refractivity contribution is 0.602. The highest BCUT2D eigenvalue weighted by Gasteiger charge is 2.06. The van der Waals surface area contributed by atoms with Gasteiger partial charge < -0.3 is 0 Å². The summed E-state index contributed by atoms with van der Waals surface area (Å²) in [5.74, 6) is 0. The Kier molecular flexibility index (Phi) is 2.32. The molecule has 15 heavy (non-hydrogen) atoms. The van der Waals surface area contributed by atoms with Crippen LogP contribution < -0.4 is 0 Å². The predicted molar refractivity (Wildman–Crippen MR) is 57.1 cm³/mol. The molecule has 2 rings (SSSR count). The van der Waals surface area contributed by atoms with Crippen LogP contribution in [0, 0.1) is 0 Å². The number of sulfone groups is 1. The van der Waals surface area contributed by atoms with Crippen molar-refractivity contribution in [2.45, 2.75) is 4.90 Å². The monoisotopic (exact) mass is 222 g/mol. The van der Waals surface area contributed by atoms with Gasteiger partial charge >= 0.3 is 0 Å². The Bertz CT molecular complexity index is 542. The molecule has 2 aromatic rings. The topological polar surface area (TPSA) is 62.8 Å². The average molecular weight is 222 g/mol. The third kappa shape index (κ3) is 2.07. The molecule has 0 saturated carbocycles. The van der Waals surface area contributed by atoms with Gasteiger partial charge in [0, 0.05) is 12.5 Å². The summed E-state index contributed by atoms with van der Waals surface area (Å²) < 4.78 is 22.4. The smallest absolute Gasteiger partial charge is 0.175 e. The van der Waals surface area contributed by atoms with E-state index in [1.165, 1.54) is 6.26 Å². The molecule has 0 fully saturated rings. The predicted octanol–water partition coefficient (Wildman–Crippen LogP) is 1.48. The van der Waals surface area contributed by atoms with Crippen molar-refractivity contribution in [3.63, 3.8) is 0 Å². The van der Waals surface area contributed by atoms with Crippen molar-refractivity contribution in [2.75, 3.05) is 6.26 Å². The van der Waals surface area contributed by atoms with Gasteiger partial charge in [-0.15, -0.1) is 0 Å². The molecule has 0 aliphatic carbocycles. The van der Waals surface area contributed by atoms with Gasteiger partial charge in [-0.3, -0.25) is 5.10 Å². The van der Waals surface area contributed by atoms with Gasteiger partial charge in [-0.2, -0.15) is 5.10 Å². The number of hydrogen-bond acceptors (Lipinski definition) is 3. The zero-order chi connectivity index (χ0) is 10.9. The minimum Gasteiger partial charge on any atom is -0.278 e. The maximum absolute atomic E-state index is 11.2. The molecule has 0 unspecified atom stereocenters. The number of H-pyrrole nitrogens is 1. The molecule has 78 valence electrons. The van der Waals surface area contributed by atoms with E-state index in [9.17, 15) is 8.42 Å². The quantitative estimate of drug-likeness (QED) is 0.837. The van der Waals surface area contributed by atoms with Crippen LogP contribution in [0.15, 0.2) is 41.4 Å². The fraction of sp³-hybridized carbons (Fsp3) is 0.100. The largest absolute Gasteiger partial charge is 0.278 e. The Morgan fingerprint density at radius 2 is 1.80 bits per heavy atom. The second-order valence-corrected chi connectivity index (χ2v) is 5.28. The summed E-state index contributed by atoms with van der Waals surface area (Å²) in [6.07, 6.45) is 2.85. The number of nitrogens with one attached hydrogen (secondary N) is 1. The Morgan fingerprint density at radius 3 is 2.27 bits per heavy atom. The number of nitrogens with zero attached hydrogens (tertiary/aromatic N) is 1. The van der Waals surface area contributed by atoms with E-state index in [0.717, 1.165) is 11.3 Å². The molecular formula is C10H10N2O2S. The van der Waals surface area contributed by atoms with Crippen LogP contribution in [-0.4, -0.2) is 24.9 Å². The van der Waals surface area contributed by atoms with E-state index in [2.05, 4.69) is 10.2 Å². The summed E-state index contributed by atoms with van der Waals surface area (Å²) in [4.78, 5) is 0.325. The van der Waals surface area contributed by atoms with E-state index in [4.69, 9.17) is 0 Å². The lowest BCUT2D eigenvalue weighted by atomic mass is 10.2. The lowest BCUT2D eigenvalue weighted by Crippen LogP contribution is -1.96. The molecule has 0 bridgehead atoms. The number of aromatic amines is 1. The molecule has 0 atom stereocenters. The van der Waals surface area contributed by atoms with Crippen LogP contribution in [0.5, 0.6) is 0 Å². The molecule has 0 aliphatic rings. The standard InChI is InChI=1S/C10H10N2O2S/c1-15(13,14)9-4-2-8(3-5-9)10-6-7-11-12-10/h2-7H,1H3,(H,11,12). The van der Waals surface area contributed by atoms with Crippen LogP contribution in [0.25, 0.3) is 11.3 Å². The third-order valence-electron chi connectivity index (χ3n) is 2.09. The maximum Gasteiger partial charge on any atom is 0.175 e. The summed E-state index contributed by atoms with van der Waals surface area (Å²) in [5, 5.41) is 6.64. The fourth-order valence-electron chi connectivity index (χ4n) is 1.30. The molecule has 1 aromatic heterocycles. The SMILES string of the molecule is CS(=O)(=O)c1ccc(-c2ccn[nH]2)cc1. The van der Waals surface area contributed by atoms with Crippen molar-refractivity contribution in [3.8, 4) is 11.3 Å². The fourth-order valence-corrected chi connectivity index (χ4v) is 1.93. The number of aromatic nitrogens is 2. The molecule has 1 N–H and O–H groups in total. The summed E-state index contributed by atoms with van der Waals surface area (Å²) in [6.45, 7) is 0. The van der Waals surface area contributed by atoms with Crippen molar-refractivity contribution in [1.82, 2.24) is 10.2 Å². The first-order chi connectivity index (χ1) is 7.07. The van der Waals surface area contributed by atoms with E-state index in [1.54, 1.807) is 30.5 Å². The van der Waals surface area contributed by atoms with Crippen LogP contribution >= 0.6 is 0 Å². The molecule has 0 radical (unpaired) electrons. The van der Waals surface area contributed by atoms with Crippen LogP contribution in [0.1, 0.15) is 0 Å². The van der Waals surface area contributed by atoms with Crippen molar-refractivity contribution >= 4 is 9.84 Å². The highest BCUT2D eigenvalue weighted by Crippen LogP contribution is 2.18. The molecule has 0 spiro atoms. The highest BCUT2D eigenvalue weighted by atomic mass is 32.2. The van der Waals surface area contributed by atoms with Gasteiger partial charge in [-0.25, -0.2) is 8.42 Å². The Balaban J connectivity index is 2.42. The molecule has 0 aliphatic heterocycles. The maximum atomic E-state index is 11.2. The van der Waals surface area contributed by atoms with E-state index >= 15 is 0 Å². The molecular weight excluding hydrogens is 212 g/mol. The van der Waals surface area contributed by atoms with Gasteiger partial charge in [-0.05, 0) is 23.8 Å². The summed E-state index contributed by atoms with van der Waals surface area (Å²) >= 11 is 0. The third-order valence-corrected chi connectivity index (χ3v) is 3.22. The summed E-state index contributed by atoms with van der Waals surface area (Å²) in [7, 11) is -3.11. The molecule has 1 heterocycles. The Hall–Kier alpha value is -1.62. The van der Waals surface area contributed by atoms with Gasteiger partial charge in [0.1, 0.15) is 0 Å². The van der Waals surface area contributed by atoms with Gasteiger partial charge in [0.25, 0.3) is 0 Å². The Labute approximate surface area is 87.9 Å². The van der Waals surface area contributed by atoms with E-state index in [0.29, 0.717) is 4.90 Å². The van der Waals surface area contributed by atoms with Crippen molar-refractivity contribution in [3.05, 3.63) is 36.5 Å². The van der Waals surface area contributed by atoms with E-state index in [1.807, 2.05) is 6.07 Å². The average Bonchev–Trinajstić information content (AvgIpc) is 2.69. The Morgan fingerprint density at radius 1 is 1.13 bits per heavy atom. The second-order valence-electron chi connectivity index (χ2n) is 3.27. The first kappa shape index (κ1) is 9.92. The minimum atomic E-state index is -3.11. The van der Waals surface area contributed by atoms with Gasteiger partial charge in [0.2, 0.25) is 0 Å². The van der Waals surface area contributed by atoms with Crippen LogP contribution in [0.2, 0.25) is 0 Å². The van der Waals surface area contributed by atoms with Gasteiger partial charge in [-0.1, -0.05) is 12.1 Å². The first-order valence-electron chi connectivity index (χ1n) is 4.37. The van der Waals surface area contributed by atoms with Crippen molar-refractivity contribution in [1.29, 1.82) is 0 Å².